The number of hydrogen-bond acceptors (Lipinski definition) is 7. The molecule has 0 atom stereocenters. The van der Waals surface area contributed by atoms with Gasteiger partial charge >= 0.3 is 11.9 Å². The van der Waals surface area contributed by atoms with Crippen molar-refractivity contribution in [2.45, 2.75) is 33.8 Å². The molecular weight excluding hydrogens is 442 g/mol. The molecule has 0 saturated heterocycles. The molecule has 0 bridgehead atoms. The van der Waals surface area contributed by atoms with E-state index in [4.69, 9.17) is 18.9 Å². The van der Waals surface area contributed by atoms with E-state index in [0.717, 1.165) is 0 Å². The summed E-state index contributed by atoms with van der Waals surface area (Å²) in [6.07, 6.45) is -0.0762. The fourth-order valence-corrected chi connectivity index (χ4v) is 3.59. The molecule has 2 rings (SSSR count). The Balaban J connectivity index is 2.94. The molecule has 0 amide bonds. The highest BCUT2D eigenvalue weighted by atomic mass is 79.9. The monoisotopic (exact) mass is 465 g/mol. The summed E-state index contributed by atoms with van der Waals surface area (Å²) in [7, 11) is 4.07. The van der Waals surface area contributed by atoms with Crippen molar-refractivity contribution in [2.24, 2.45) is 0 Å². The number of hydrogen-bond donors (Lipinski definition) is 0. The predicted octanol–water partition coefficient (Wildman–Crippen LogP) is 4.50. The third-order valence-corrected chi connectivity index (χ3v) is 4.80. The molecule has 8 heteroatoms. The summed E-state index contributed by atoms with van der Waals surface area (Å²) >= 11 is 3.51. The molecule has 0 aliphatic rings. The normalized spacial score (nSPS) is 10.7. The lowest BCUT2D eigenvalue weighted by Crippen LogP contribution is -2.16. The minimum atomic E-state index is -0.604. The largest absolute Gasteiger partial charge is 0.493 e. The number of ether oxygens (including phenoxy) is 4. The third-order valence-electron chi connectivity index (χ3n) is 4.21. The number of carbonyl (C=O) groups is 2. The predicted molar refractivity (Wildman–Crippen MR) is 112 cm³/mol. The molecule has 7 nitrogen and oxygen atoms in total. The van der Waals surface area contributed by atoms with Crippen molar-refractivity contribution in [1.29, 1.82) is 0 Å². The number of nitrogens with zero attached hydrogens (tertiary/aromatic N) is 1. The van der Waals surface area contributed by atoms with Crippen LogP contribution in [-0.4, -0.2) is 44.4 Å². The van der Waals surface area contributed by atoms with Gasteiger partial charge in [0.1, 0.15) is 0 Å². The van der Waals surface area contributed by atoms with Gasteiger partial charge in [-0.3, -0.25) is 4.98 Å². The first-order valence-electron chi connectivity index (χ1n) is 8.88. The van der Waals surface area contributed by atoms with Crippen LogP contribution in [0, 0.1) is 13.8 Å². The zero-order chi connectivity index (χ0) is 21.9. The van der Waals surface area contributed by atoms with Crippen molar-refractivity contribution >= 4 is 27.9 Å². The van der Waals surface area contributed by atoms with E-state index in [9.17, 15) is 9.59 Å². The minimum absolute atomic E-state index is 0.0762. The SMILES string of the molecule is COC(=O)c1c(C)nc(C)c(C(=O)OC)c1-c1cc(Br)c(OC(C)C)c(OC)c1. The molecule has 0 radical (unpaired) electrons. The van der Waals surface area contributed by atoms with Gasteiger partial charge in [-0.1, -0.05) is 0 Å². The third kappa shape index (κ3) is 4.53. The highest BCUT2D eigenvalue weighted by Gasteiger charge is 2.28. The van der Waals surface area contributed by atoms with E-state index in [1.54, 1.807) is 26.0 Å². The van der Waals surface area contributed by atoms with E-state index in [2.05, 4.69) is 20.9 Å². The highest BCUT2D eigenvalue weighted by Crippen LogP contribution is 2.42. The Morgan fingerprint density at radius 3 is 1.90 bits per heavy atom. The zero-order valence-electron chi connectivity index (χ0n) is 17.5. The molecule has 0 N–H and O–H groups in total. The number of carbonyl (C=O) groups excluding carboxylic acids is 2. The molecular formula is C21H24BrNO6. The standard InChI is InChI=1S/C21H24BrNO6/c1-10(2)29-19-14(22)8-13(9-15(19)26-5)18-16(20(24)27-6)11(3)23-12(4)17(18)21(25)28-7/h8-10H,1-7H3. The van der Waals surface area contributed by atoms with Crippen LogP contribution in [0.2, 0.25) is 0 Å². The molecule has 0 spiro atoms. The number of aromatic nitrogens is 1. The maximum atomic E-state index is 12.6. The van der Waals surface area contributed by atoms with Gasteiger partial charge in [0.05, 0.1) is 54.4 Å². The van der Waals surface area contributed by atoms with Gasteiger partial charge < -0.3 is 18.9 Å². The van der Waals surface area contributed by atoms with Gasteiger partial charge in [-0.15, -0.1) is 0 Å². The molecule has 156 valence electrons. The topological polar surface area (TPSA) is 84.0 Å². The lowest BCUT2D eigenvalue weighted by atomic mass is 9.92. The lowest BCUT2D eigenvalue weighted by molar-refractivity contribution is 0.0599. The Labute approximate surface area is 178 Å². The summed E-state index contributed by atoms with van der Waals surface area (Å²) in [6, 6.07) is 3.46. The number of pyridine rings is 1. The Morgan fingerprint density at radius 1 is 0.966 bits per heavy atom. The fraction of sp³-hybridized carbons (Fsp3) is 0.381. The van der Waals surface area contributed by atoms with Crippen LogP contribution in [0.1, 0.15) is 46.0 Å². The molecule has 0 aliphatic carbocycles. The molecule has 0 saturated carbocycles. The van der Waals surface area contributed by atoms with Crippen LogP contribution >= 0.6 is 15.9 Å². The Kier molecular flexibility index (Phi) is 7.24. The summed E-state index contributed by atoms with van der Waals surface area (Å²) in [4.78, 5) is 29.5. The van der Waals surface area contributed by atoms with E-state index in [-0.39, 0.29) is 17.2 Å². The molecule has 1 aromatic heterocycles. The molecule has 0 unspecified atom stereocenters. The summed E-state index contributed by atoms with van der Waals surface area (Å²) in [5, 5.41) is 0. The van der Waals surface area contributed by atoms with Crippen molar-refractivity contribution in [1.82, 2.24) is 4.98 Å². The number of aryl methyl sites for hydroxylation is 2. The molecule has 29 heavy (non-hydrogen) atoms. The Hall–Kier alpha value is -2.61. The van der Waals surface area contributed by atoms with Crippen LogP contribution in [0.5, 0.6) is 11.5 Å². The quantitative estimate of drug-likeness (QED) is 0.580. The van der Waals surface area contributed by atoms with Gasteiger partial charge in [-0.25, -0.2) is 9.59 Å². The van der Waals surface area contributed by atoms with E-state index in [1.807, 2.05) is 13.8 Å². The van der Waals surface area contributed by atoms with Gasteiger partial charge in [0.2, 0.25) is 0 Å². The van der Waals surface area contributed by atoms with E-state index in [1.165, 1.54) is 21.3 Å². The van der Waals surface area contributed by atoms with Crippen LogP contribution in [0.25, 0.3) is 11.1 Å². The first-order chi connectivity index (χ1) is 13.7. The fourth-order valence-electron chi connectivity index (χ4n) is 3.06. The maximum Gasteiger partial charge on any atom is 0.340 e. The Bertz CT molecular complexity index is 915. The van der Waals surface area contributed by atoms with Crippen molar-refractivity contribution in [3.05, 3.63) is 39.1 Å². The van der Waals surface area contributed by atoms with Crippen LogP contribution in [0.3, 0.4) is 0 Å². The minimum Gasteiger partial charge on any atom is -0.493 e. The van der Waals surface area contributed by atoms with Gasteiger partial charge in [0.15, 0.2) is 11.5 Å². The number of rotatable bonds is 6. The first-order valence-corrected chi connectivity index (χ1v) is 9.67. The number of esters is 2. The molecule has 0 fully saturated rings. The second-order valence-electron chi connectivity index (χ2n) is 6.55. The van der Waals surface area contributed by atoms with Gasteiger partial charge in [-0.05, 0) is 61.3 Å². The highest BCUT2D eigenvalue weighted by molar-refractivity contribution is 9.10. The smallest absolute Gasteiger partial charge is 0.340 e. The molecule has 1 heterocycles. The number of methoxy groups -OCH3 is 3. The van der Waals surface area contributed by atoms with E-state index < -0.39 is 11.9 Å². The summed E-state index contributed by atoms with van der Waals surface area (Å²) in [5.41, 5.74) is 2.17. The Morgan fingerprint density at radius 2 is 1.48 bits per heavy atom. The number of benzene rings is 1. The average Bonchev–Trinajstić information content (AvgIpc) is 2.67. The van der Waals surface area contributed by atoms with Gasteiger partial charge in [0.25, 0.3) is 0 Å². The summed E-state index contributed by atoms with van der Waals surface area (Å²) < 4.78 is 21.9. The van der Waals surface area contributed by atoms with Crippen LogP contribution in [-0.2, 0) is 9.47 Å². The van der Waals surface area contributed by atoms with Gasteiger partial charge in [0, 0.05) is 5.56 Å². The van der Waals surface area contributed by atoms with Crippen LogP contribution in [0.4, 0.5) is 0 Å². The van der Waals surface area contributed by atoms with Crippen molar-refractivity contribution in [3.63, 3.8) is 0 Å². The lowest BCUT2D eigenvalue weighted by Gasteiger charge is -2.20. The molecule has 0 aliphatic heterocycles. The van der Waals surface area contributed by atoms with Crippen molar-refractivity contribution < 1.29 is 28.5 Å². The van der Waals surface area contributed by atoms with Crippen molar-refractivity contribution in [2.75, 3.05) is 21.3 Å². The second-order valence-corrected chi connectivity index (χ2v) is 7.40. The van der Waals surface area contributed by atoms with E-state index >= 15 is 0 Å². The van der Waals surface area contributed by atoms with E-state index in [0.29, 0.717) is 38.5 Å². The van der Waals surface area contributed by atoms with Crippen LogP contribution in [0.15, 0.2) is 16.6 Å². The van der Waals surface area contributed by atoms with Crippen LogP contribution < -0.4 is 9.47 Å². The summed E-state index contributed by atoms with van der Waals surface area (Å²) in [6.45, 7) is 7.18. The first kappa shape index (κ1) is 22.7. The molecule has 2 aromatic rings. The molecule has 1 aromatic carbocycles. The number of halogens is 1. The zero-order valence-corrected chi connectivity index (χ0v) is 19.1. The van der Waals surface area contributed by atoms with Crippen molar-refractivity contribution in [3.8, 4) is 22.6 Å². The second kappa shape index (κ2) is 9.26. The average molecular weight is 466 g/mol. The van der Waals surface area contributed by atoms with Gasteiger partial charge in [-0.2, -0.15) is 0 Å². The maximum absolute atomic E-state index is 12.6. The summed E-state index contributed by atoms with van der Waals surface area (Å²) in [5.74, 6) is -0.240.